The van der Waals surface area contributed by atoms with Crippen LogP contribution in [0.5, 0.6) is 0 Å². The number of aromatic nitrogens is 5. The monoisotopic (exact) mass is 438 g/mol. The van der Waals surface area contributed by atoms with Crippen molar-refractivity contribution in [2.75, 3.05) is 13.1 Å². The van der Waals surface area contributed by atoms with Gasteiger partial charge < -0.3 is 4.90 Å². The Morgan fingerprint density at radius 1 is 1.03 bits per heavy atom. The SMILES string of the molecule is O=C(c1nn(-c2ccc(F)c(F)c2)c2c1CCC2)N1CCC(c2nc(C3CC3)n[nH]2)CC1. The average Bonchev–Trinajstić information content (AvgIpc) is 3.21. The molecule has 2 aliphatic carbocycles. The quantitative estimate of drug-likeness (QED) is 0.674. The first-order valence-electron chi connectivity index (χ1n) is 11.4. The van der Waals surface area contributed by atoms with E-state index >= 15 is 0 Å². The maximum absolute atomic E-state index is 13.8. The number of amides is 1. The van der Waals surface area contributed by atoms with E-state index in [4.69, 9.17) is 0 Å². The zero-order valence-corrected chi connectivity index (χ0v) is 17.7. The van der Waals surface area contributed by atoms with E-state index in [0.717, 1.165) is 67.1 Å². The number of fused-ring (bicyclic) bond motifs is 1. The summed E-state index contributed by atoms with van der Waals surface area (Å²) in [6, 6.07) is 3.73. The molecule has 2 aromatic heterocycles. The standard InChI is InChI=1S/C23H24F2N6O/c24-17-7-6-15(12-18(17)25)31-19-3-1-2-16(19)20(29-31)23(32)30-10-8-14(9-11-30)22-26-21(27-28-22)13-4-5-13/h6-7,12-14H,1-5,8-11H2,(H,26,27,28). The Morgan fingerprint density at radius 3 is 2.59 bits per heavy atom. The van der Waals surface area contributed by atoms with Crippen molar-refractivity contribution in [1.29, 1.82) is 0 Å². The molecule has 1 aromatic carbocycles. The molecule has 1 saturated carbocycles. The number of benzene rings is 1. The first kappa shape index (κ1) is 19.6. The molecule has 9 heteroatoms. The molecule has 7 nitrogen and oxygen atoms in total. The number of likely N-dealkylation sites (tertiary alicyclic amines) is 1. The van der Waals surface area contributed by atoms with Crippen LogP contribution < -0.4 is 0 Å². The molecule has 0 atom stereocenters. The third-order valence-corrected chi connectivity index (χ3v) is 6.91. The van der Waals surface area contributed by atoms with E-state index in [9.17, 15) is 13.6 Å². The summed E-state index contributed by atoms with van der Waals surface area (Å²) in [5.74, 6) is 0.765. The largest absolute Gasteiger partial charge is 0.337 e. The summed E-state index contributed by atoms with van der Waals surface area (Å²) in [7, 11) is 0. The van der Waals surface area contributed by atoms with Crippen LogP contribution in [0.2, 0.25) is 0 Å². The third-order valence-electron chi connectivity index (χ3n) is 6.91. The number of nitrogens with one attached hydrogen (secondary N) is 1. The molecule has 1 saturated heterocycles. The van der Waals surface area contributed by atoms with Crippen molar-refractivity contribution >= 4 is 5.91 Å². The minimum absolute atomic E-state index is 0.0841. The van der Waals surface area contributed by atoms with Crippen LogP contribution >= 0.6 is 0 Å². The smallest absolute Gasteiger partial charge is 0.274 e. The van der Waals surface area contributed by atoms with Crippen LogP contribution in [0, 0.1) is 11.6 Å². The number of H-pyrrole nitrogens is 1. The van der Waals surface area contributed by atoms with Gasteiger partial charge in [0.05, 0.1) is 5.69 Å². The van der Waals surface area contributed by atoms with Gasteiger partial charge in [-0.2, -0.15) is 10.2 Å². The first-order chi connectivity index (χ1) is 15.6. The van der Waals surface area contributed by atoms with Gasteiger partial charge in [0, 0.05) is 42.2 Å². The molecule has 0 spiro atoms. The van der Waals surface area contributed by atoms with Crippen molar-refractivity contribution in [3.8, 4) is 5.69 Å². The van der Waals surface area contributed by atoms with Gasteiger partial charge in [0.1, 0.15) is 5.82 Å². The van der Waals surface area contributed by atoms with E-state index in [1.54, 1.807) is 4.68 Å². The lowest BCUT2D eigenvalue weighted by Gasteiger charge is -2.30. The Kier molecular flexibility index (Phi) is 4.58. The Morgan fingerprint density at radius 2 is 1.84 bits per heavy atom. The molecule has 3 heterocycles. The number of nitrogens with zero attached hydrogens (tertiary/aromatic N) is 5. The fourth-order valence-electron chi connectivity index (χ4n) is 4.94. The molecule has 0 radical (unpaired) electrons. The average molecular weight is 438 g/mol. The molecule has 1 N–H and O–H groups in total. The summed E-state index contributed by atoms with van der Waals surface area (Å²) in [5.41, 5.74) is 2.74. The fraction of sp³-hybridized carbons (Fsp3) is 0.478. The van der Waals surface area contributed by atoms with Crippen LogP contribution in [-0.2, 0) is 12.8 Å². The van der Waals surface area contributed by atoms with Gasteiger partial charge in [0.2, 0.25) is 0 Å². The lowest BCUT2D eigenvalue weighted by molar-refractivity contribution is 0.0703. The van der Waals surface area contributed by atoms with Crippen molar-refractivity contribution in [2.45, 2.75) is 56.8 Å². The van der Waals surface area contributed by atoms with Crippen molar-refractivity contribution in [1.82, 2.24) is 29.9 Å². The number of carbonyl (C=O) groups excluding carboxylic acids is 1. The number of carbonyl (C=O) groups is 1. The van der Waals surface area contributed by atoms with E-state index in [-0.39, 0.29) is 11.8 Å². The number of hydrogen-bond donors (Lipinski definition) is 1. The Hall–Kier alpha value is -3.10. The molecule has 32 heavy (non-hydrogen) atoms. The number of rotatable bonds is 4. The number of aromatic amines is 1. The highest BCUT2D eigenvalue weighted by Gasteiger charge is 2.33. The second-order valence-electron chi connectivity index (χ2n) is 9.06. The molecule has 1 aliphatic heterocycles. The summed E-state index contributed by atoms with van der Waals surface area (Å²) in [4.78, 5) is 19.9. The van der Waals surface area contributed by atoms with E-state index < -0.39 is 11.6 Å². The Balaban J connectivity index is 1.20. The zero-order valence-electron chi connectivity index (χ0n) is 17.7. The van der Waals surface area contributed by atoms with E-state index in [0.29, 0.717) is 30.4 Å². The normalized spacial score (nSPS) is 18.9. The van der Waals surface area contributed by atoms with Gasteiger partial charge in [-0.15, -0.1) is 0 Å². The fourth-order valence-corrected chi connectivity index (χ4v) is 4.94. The van der Waals surface area contributed by atoms with Crippen LogP contribution in [0.15, 0.2) is 18.2 Å². The molecular weight excluding hydrogens is 414 g/mol. The number of halogens is 2. The lowest BCUT2D eigenvalue weighted by Crippen LogP contribution is -2.38. The second kappa shape index (κ2) is 7.50. The maximum atomic E-state index is 13.8. The molecule has 3 aliphatic rings. The maximum Gasteiger partial charge on any atom is 0.274 e. The van der Waals surface area contributed by atoms with Gasteiger partial charge in [0.25, 0.3) is 5.91 Å². The second-order valence-corrected chi connectivity index (χ2v) is 9.06. The third kappa shape index (κ3) is 3.30. The van der Waals surface area contributed by atoms with Crippen LogP contribution in [0.3, 0.4) is 0 Å². The van der Waals surface area contributed by atoms with Gasteiger partial charge in [0.15, 0.2) is 23.2 Å². The minimum Gasteiger partial charge on any atom is -0.337 e. The van der Waals surface area contributed by atoms with Crippen LogP contribution in [0.4, 0.5) is 8.78 Å². The highest BCUT2D eigenvalue weighted by atomic mass is 19.2. The summed E-state index contributed by atoms with van der Waals surface area (Å²) in [6.07, 6.45) is 6.48. The summed E-state index contributed by atoms with van der Waals surface area (Å²) in [5, 5.41) is 12.0. The van der Waals surface area contributed by atoms with E-state index in [2.05, 4.69) is 20.3 Å². The number of piperidine rings is 1. The Bertz CT molecular complexity index is 1190. The molecule has 1 amide bonds. The molecule has 3 aromatic rings. The lowest BCUT2D eigenvalue weighted by atomic mass is 9.96. The topological polar surface area (TPSA) is 79.7 Å². The van der Waals surface area contributed by atoms with Crippen LogP contribution in [0.1, 0.15) is 77.3 Å². The highest BCUT2D eigenvalue weighted by Crippen LogP contribution is 2.39. The summed E-state index contributed by atoms with van der Waals surface area (Å²) in [6.45, 7) is 1.27. The van der Waals surface area contributed by atoms with Crippen LogP contribution in [0.25, 0.3) is 5.69 Å². The molecular formula is C23H24F2N6O. The predicted molar refractivity (Wildman–Crippen MR) is 112 cm³/mol. The van der Waals surface area contributed by atoms with Gasteiger partial charge >= 0.3 is 0 Å². The molecule has 166 valence electrons. The number of hydrogen-bond acceptors (Lipinski definition) is 4. The van der Waals surface area contributed by atoms with Crippen molar-refractivity contribution < 1.29 is 13.6 Å². The molecule has 0 unspecified atom stereocenters. The van der Waals surface area contributed by atoms with Gasteiger partial charge in [-0.1, -0.05) is 0 Å². The predicted octanol–water partition coefficient (Wildman–Crippen LogP) is 3.65. The summed E-state index contributed by atoms with van der Waals surface area (Å²) < 4.78 is 28.8. The van der Waals surface area contributed by atoms with Gasteiger partial charge in [-0.3, -0.25) is 9.89 Å². The van der Waals surface area contributed by atoms with E-state index in [1.165, 1.54) is 18.9 Å². The molecule has 2 fully saturated rings. The van der Waals surface area contributed by atoms with Crippen molar-refractivity contribution in [3.05, 3.63) is 58.4 Å². The van der Waals surface area contributed by atoms with E-state index in [1.807, 2.05) is 4.90 Å². The van der Waals surface area contributed by atoms with Crippen molar-refractivity contribution in [3.63, 3.8) is 0 Å². The minimum atomic E-state index is -0.919. The van der Waals surface area contributed by atoms with Gasteiger partial charge in [-0.25, -0.2) is 18.4 Å². The highest BCUT2D eigenvalue weighted by molar-refractivity contribution is 5.94. The zero-order chi connectivity index (χ0) is 21.8. The van der Waals surface area contributed by atoms with Gasteiger partial charge in [-0.05, 0) is 57.1 Å². The van der Waals surface area contributed by atoms with Crippen molar-refractivity contribution in [2.24, 2.45) is 0 Å². The molecule has 0 bridgehead atoms. The van der Waals surface area contributed by atoms with Crippen LogP contribution in [-0.4, -0.2) is 48.9 Å². The molecule has 6 rings (SSSR count). The first-order valence-corrected chi connectivity index (χ1v) is 11.4. The Labute approximate surface area is 183 Å². The summed E-state index contributed by atoms with van der Waals surface area (Å²) >= 11 is 0.